The molecule has 2 aliphatic rings. The van der Waals surface area contributed by atoms with Crippen LogP contribution in [0, 0.1) is 0 Å². The van der Waals surface area contributed by atoms with Gasteiger partial charge in [-0.05, 0) is 42.5 Å². The zero-order valence-corrected chi connectivity index (χ0v) is 16.1. The van der Waals surface area contributed by atoms with E-state index < -0.39 is 11.6 Å². The standard InChI is InChI=1S/C21H17ClN4O3/c22-15-8-3-6-14(11-15)18-23-17(29-25-18)12-26-19(27)21(24-20(26)28)10-4-7-13-5-1-2-9-16(13)21/h1-3,5-6,8-9,11H,4,7,10,12H2,(H,24,28). The van der Waals surface area contributed by atoms with Crippen molar-refractivity contribution in [3.63, 3.8) is 0 Å². The molecule has 1 unspecified atom stereocenters. The molecule has 29 heavy (non-hydrogen) atoms. The molecule has 5 rings (SSSR count). The Morgan fingerprint density at radius 3 is 2.90 bits per heavy atom. The number of fused-ring (bicyclic) bond motifs is 2. The number of hydrogen-bond donors (Lipinski definition) is 1. The van der Waals surface area contributed by atoms with Gasteiger partial charge >= 0.3 is 6.03 Å². The number of aryl methyl sites for hydroxylation is 1. The third-order valence-corrected chi connectivity index (χ3v) is 5.73. The number of urea groups is 1. The van der Waals surface area contributed by atoms with E-state index in [-0.39, 0.29) is 18.3 Å². The van der Waals surface area contributed by atoms with Crippen molar-refractivity contribution in [2.45, 2.75) is 31.3 Å². The van der Waals surface area contributed by atoms with E-state index in [1.54, 1.807) is 18.2 Å². The van der Waals surface area contributed by atoms with E-state index in [1.807, 2.05) is 30.3 Å². The van der Waals surface area contributed by atoms with E-state index in [2.05, 4.69) is 15.5 Å². The lowest BCUT2D eigenvalue weighted by Crippen LogP contribution is -2.46. The number of nitrogens with one attached hydrogen (secondary N) is 1. The van der Waals surface area contributed by atoms with Gasteiger partial charge in [0.15, 0.2) is 0 Å². The Balaban J connectivity index is 1.43. The van der Waals surface area contributed by atoms with Crippen LogP contribution in [0.4, 0.5) is 4.79 Å². The number of amides is 3. The SMILES string of the molecule is O=C1NC2(CCCc3ccccc32)C(=O)N1Cc1nc(-c2cccc(Cl)c2)no1. The number of aromatic nitrogens is 2. The molecule has 8 heteroatoms. The number of halogens is 1. The normalized spacial score (nSPS) is 20.8. The van der Waals surface area contributed by atoms with Crippen molar-refractivity contribution in [2.24, 2.45) is 0 Å². The Labute approximate surface area is 171 Å². The number of nitrogens with zero attached hydrogens (tertiary/aromatic N) is 3. The van der Waals surface area contributed by atoms with Gasteiger partial charge in [0.1, 0.15) is 12.1 Å². The van der Waals surface area contributed by atoms with Crippen LogP contribution in [0.15, 0.2) is 53.1 Å². The maximum atomic E-state index is 13.3. The van der Waals surface area contributed by atoms with Gasteiger partial charge in [-0.1, -0.05) is 53.2 Å². The number of hydrogen-bond acceptors (Lipinski definition) is 5. The van der Waals surface area contributed by atoms with Crippen molar-refractivity contribution < 1.29 is 14.1 Å². The molecule has 0 bridgehead atoms. The van der Waals surface area contributed by atoms with Gasteiger partial charge in [0.25, 0.3) is 5.91 Å². The van der Waals surface area contributed by atoms with Crippen molar-refractivity contribution in [3.8, 4) is 11.4 Å². The van der Waals surface area contributed by atoms with Crippen LogP contribution in [-0.4, -0.2) is 27.0 Å². The van der Waals surface area contributed by atoms with E-state index >= 15 is 0 Å². The first-order valence-electron chi connectivity index (χ1n) is 9.38. The van der Waals surface area contributed by atoms with Crippen LogP contribution >= 0.6 is 11.6 Å². The lowest BCUT2D eigenvalue weighted by molar-refractivity contribution is -0.132. The number of imide groups is 1. The number of carbonyl (C=O) groups excluding carboxylic acids is 2. The first-order chi connectivity index (χ1) is 14.1. The Kier molecular flexibility index (Phi) is 4.13. The summed E-state index contributed by atoms with van der Waals surface area (Å²) in [6.07, 6.45) is 2.30. The summed E-state index contributed by atoms with van der Waals surface area (Å²) in [6, 6.07) is 14.4. The van der Waals surface area contributed by atoms with E-state index in [4.69, 9.17) is 16.1 Å². The average Bonchev–Trinajstić information content (AvgIpc) is 3.28. The van der Waals surface area contributed by atoms with Gasteiger partial charge in [-0.3, -0.25) is 9.69 Å². The average molecular weight is 409 g/mol. The molecule has 2 heterocycles. The summed E-state index contributed by atoms with van der Waals surface area (Å²) in [7, 11) is 0. The van der Waals surface area contributed by atoms with Crippen LogP contribution < -0.4 is 5.32 Å². The minimum Gasteiger partial charge on any atom is -0.337 e. The van der Waals surface area contributed by atoms with E-state index in [9.17, 15) is 9.59 Å². The van der Waals surface area contributed by atoms with Crippen LogP contribution in [0.1, 0.15) is 29.9 Å². The molecule has 1 aliphatic carbocycles. The fraction of sp³-hybridized carbons (Fsp3) is 0.238. The third-order valence-electron chi connectivity index (χ3n) is 5.50. The van der Waals surface area contributed by atoms with Crippen LogP contribution in [0.5, 0.6) is 0 Å². The molecule has 0 saturated carbocycles. The first-order valence-corrected chi connectivity index (χ1v) is 9.76. The van der Waals surface area contributed by atoms with Gasteiger partial charge in [-0.25, -0.2) is 4.79 Å². The molecule has 1 fully saturated rings. The van der Waals surface area contributed by atoms with Gasteiger partial charge in [-0.2, -0.15) is 4.98 Å². The lowest BCUT2D eigenvalue weighted by Gasteiger charge is -2.33. The molecule has 2 aromatic carbocycles. The van der Waals surface area contributed by atoms with Gasteiger partial charge in [0.2, 0.25) is 11.7 Å². The molecule has 146 valence electrons. The minimum atomic E-state index is -1.01. The Bertz CT molecular complexity index is 1130. The largest absolute Gasteiger partial charge is 0.337 e. The Hall–Kier alpha value is -3.19. The van der Waals surface area contributed by atoms with Gasteiger partial charge < -0.3 is 9.84 Å². The lowest BCUT2D eigenvalue weighted by atomic mass is 9.76. The second-order valence-corrected chi connectivity index (χ2v) is 7.70. The maximum Gasteiger partial charge on any atom is 0.325 e. The van der Waals surface area contributed by atoms with E-state index in [0.717, 1.165) is 28.9 Å². The van der Waals surface area contributed by atoms with Crippen molar-refractivity contribution in [1.82, 2.24) is 20.4 Å². The predicted molar refractivity (Wildman–Crippen MR) is 105 cm³/mol. The summed E-state index contributed by atoms with van der Waals surface area (Å²) in [5, 5.41) is 7.42. The summed E-state index contributed by atoms with van der Waals surface area (Å²) in [5.41, 5.74) is 1.65. The molecule has 7 nitrogen and oxygen atoms in total. The summed E-state index contributed by atoms with van der Waals surface area (Å²) < 4.78 is 5.28. The summed E-state index contributed by atoms with van der Waals surface area (Å²) in [6.45, 7) is -0.0812. The van der Waals surface area contributed by atoms with Crippen LogP contribution in [0.2, 0.25) is 5.02 Å². The molecular formula is C21H17ClN4O3. The van der Waals surface area contributed by atoms with Gasteiger partial charge in [-0.15, -0.1) is 0 Å². The maximum absolute atomic E-state index is 13.3. The molecule has 1 aliphatic heterocycles. The first kappa shape index (κ1) is 17.9. The van der Waals surface area contributed by atoms with Crippen molar-refractivity contribution in [1.29, 1.82) is 0 Å². The van der Waals surface area contributed by atoms with Crippen LogP contribution in [0.3, 0.4) is 0 Å². The highest BCUT2D eigenvalue weighted by Crippen LogP contribution is 2.40. The Morgan fingerprint density at radius 2 is 2.03 bits per heavy atom. The molecule has 0 radical (unpaired) electrons. The second-order valence-electron chi connectivity index (χ2n) is 7.26. The van der Waals surface area contributed by atoms with Crippen molar-refractivity contribution in [3.05, 3.63) is 70.6 Å². The summed E-state index contributed by atoms with van der Waals surface area (Å²) >= 11 is 6.01. The highest BCUT2D eigenvalue weighted by Gasteiger charge is 2.54. The second kappa shape index (κ2) is 6.70. The molecule has 3 aromatic rings. The Morgan fingerprint density at radius 1 is 1.17 bits per heavy atom. The highest BCUT2D eigenvalue weighted by molar-refractivity contribution is 6.30. The highest BCUT2D eigenvalue weighted by atomic mass is 35.5. The minimum absolute atomic E-state index is 0.0812. The molecule has 1 spiro atoms. The van der Waals surface area contributed by atoms with Gasteiger partial charge in [0.05, 0.1) is 0 Å². The molecule has 1 atom stereocenters. The molecule has 1 aromatic heterocycles. The van der Waals surface area contributed by atoms with Crippen molar-refractivity contribution in [2.75, 3.05) is 0 Å². The topological polar surface area (TPSA) is 88.3 Å². The van der Waals surface area contributed by atoms with Crippen LogP contribution in [-0.2, 0) is 23.3 Å². The molecule has 1 N–H and O–H groups in total. The number of benzene rings is 2. The molecular weight excluding hydrogens is 392 g/mol. The fourth-order valence-corrected chi connectivity index (χ4v) is 4.34. The third kappa shape index (κ3) is 2.89. The zero-order valence-electron chi connectivity index (χ0n) is 15.4. The molecule has 3 amide bonds. The van der Waals surface area contributed by atoms with E-state index in [0.29, 0.717) is 22.8 Å². The monoisotopic (exact) mass is 408 g/mol. The van der Waals surface area contributed by atoms with Gasteiger partial charge in [0, 0.05) is 10.6 Å². The summed E-state index contributed by atoms with van der Waals surface area (Å²) in [4.78, 5) is 31.5. The predicted octanol–water partition coefficient (Wildman–Crippen LogP) is 3.67. The summed E-state index contributed by atoms with van der Waals surface area (Å²) in [5.74, 6) is 0.258. The number of rotatable bonds is 3. The quantitative estimate of drug-likeness (QED) is 0.668. The smallest absolute Gasteiger partial charge is 0.325 e. The van der Waals surface area contributed by atoms with Crippen LogP contribution in [0.25, 0.3) is 11.4 Å². The number of carbonyl (C=O) groups is 2. The zero-order chi connectivity index (χ0) is 20.0. The van der Waals surface area contributed by atoms with E-state index in [1.165, 1.54) is 0 Å². The molecule has 1 saturated heterocycles. The van der Waals surface area contributed by atoms with Crippen molar-refractivity contribution >= 4 is 23.5 Å². The fourth-order valence-electron chi connectivity index (χ4n) is 4.15.